The molecule has 0 heterocycles. The number of benzene rings is 1. The van der Waals surface area contributed by atoms with Crippen molar-refractivity contribution in [3.8, 4) is 5.75 Å². The third kappa shape index (κ3) is 2.08. The van der Waals surface area contributed by atoms with Crippen molar-refractivity contribution in [1.29, 1.82) is 0 Å². The molecule has 0 aromatic heterocycles. The van der Waals surface area contributed by atoms with Gasteiger partial charge >= 0.3 is 0 Å². The molecule has 0 saturated heterocycles. The summed E-state index contributed by atoms with van der Waals surface area (Å²) >= 11 is 0. The van der Waals surface area contributed by atoms with E-state index in [4.69, 9.17) is 0 Å². The lowest BCUT2D eigenvalue weighted by Crippen LogP contribution is -2.31. The number of hydrogen-bond acceptors (Lipinski definition) is 2. The Morgan fingerprint density at radius 1 is 1.38 bits per heavy atom. The Morgan fingerprint density at radius 2 is 2.06 bits per heavy atom. The van der Waals surface area contributed by atoms with Crippen LogP contribution in [0, 0.1) is 5.92 Å². The van der Waals surface area contributed by atoms with Crippen molar-refractivity contribution in [2.75, 3.05) is 11.9 Å². The van der Waals surface area contributed by atoms with Crippen molar-refractivity contribution >= 4 is 11.6 Å². The average molecular weight is 217 g/mol. The second kappa shape index (κ2) is 4.39. The highest BCUT2D eigenvalue weighted by Crippen LogP contribution is 2.24. The minimum absolute atomic E-state index is 0.0624. The molecule has 3 nitrogen and oxygen atoms in total. The number of nitrogens with zero attached hydrogens (tertiary/aromatic N) is 1. The van der Waals surface area contributed by atoms with Crippen LogP contribution in [0.15, 0.2) is 36.4 Å². The van der Waals surface area contributed by atoms with Gasteiger partial charge in [0.2, 0.25) is 5.91 Å². The molecule has 0 aliphatic heterocycles. The highest BCUT2D eigenvalue weighted by Gasteiger charge is 2.23. The summed E-state index contributed by atoms with van der Waals surface area (Å²) in [4.78, 5) is 13.7. The van der Waals surface area contributed by atoms with Crippen LogP contribution in [0.4, 0.5) is 5.69 Å². The second-order valence-corrected chi connectivity index (χ2v) is 4.06. The van der Waals surface area contributed by atoms with Gasteiger partial charge in [0.15, 0.2) is 0 Å². The summed E-state index contributed by atoms with van der Waals surface area (Å²) in [6, 6.07) is 6.75. The summed E-state index contributed by atoms with van der Waals surface area (Å²) in [6.07, 6.45) is 5.72. The number of allylic oxidation sites excluding steroid dienone is 2. The first-order valence-electron chi connectivity index (χ1n) is 5.40. The summed E-state index contributed by atoms with van der Waals surface area (Å²) in [5, 5.41) is 9.36. The lowest BCUT2D eigenvalue weighted by Gasteiger charge is -2.21. The number of phenols is 1. The molecule has 0 radical (unpaired) electrons. The Labute approximate surface area is 95.0 Å². The van der Waals surface area contributed by atoms with Crippen LogP contribution < -0.4 is 4.90 Å². The number of carbonyl (C=O) groups excluding carboxylic acids is 1. The SMILES string of the molecule is CN(C(=O)C1CC=CC1)c1cccc(O)c1. The zero-order valence-electron chi connectivity index (χ0n) is 9.26. The van der Waals surface area contributed by atoms with Crippen molar-refractivity contribution in [3.63, 3.8) is 0 Å². The molecule has 84 valence electrons. The molecule has 0 spiro atoms. The van der Waals surface area contributed by atoms with Crippen molar-refractivity contribution < 1.29 is 9.90 Å². The van der Waals surface area contributed by atoms with E-state index in [0.717, 1.165) is 18.5 Å². The highest BCUT2D eigenvalue weighted by atomic mass is 16.3. The van der Waals surface area contributed by atoms with Crippen molar-refractivity contribution in [2.45, 2.75) is 12.8 Å². The molecule has 1 aliphatic carbocycles. The topological polar surface area (TPSA) is 40.5 Å². The third-order valence-corrected chi connectivity index (χ3v) is 2.90. The molecule has 1 aromatic carbocycles. The predicted octanol–water partition coefficient (Wildman–Crippen LogP) is 2.32. The van der Waals surface area contributed by atoms with Gasteiger partial charge in [-0.2, -0.15) is 0 Å². The summed E-state index contributed by atoms with van der Waals surface area (Å²) in [5.41, 5.74) is 0.733. The lowest BCUT2D eigenvalue weighted by molar-refractivity contribution is -0.121. The number of phenolic OH excluding ortho intramolecular Hbond substituents is 1. The third-order valence-electron chi connectivity index (χ3n) is 2.90. The summed E-state index contributed by atoms with van der Waals surface area (Å²) in [5.74, 6) is 0.352. The molecule has 0 fully saturated rings. The molecular weight excluding hydrogens is 202 g/mol. The maximum atomic E-state index is 12.1. The van der Waals surface area contributed by atoms with Gasteiger partial charge in [-0.15, -0.1) is 0 Å². The Balaban J connectivity index is 2.12. The van der Waals surface area contributed by atoms with Gasteiger partial charge in [-0.05, 0) is 25.0 Å². The lowest BCUT2D eigenvalue weighted by atomic mass is 10.1. The molecule has 0 bridgehead atoms. The molecule has 0 atom stereocenters. The van der Waals surface area contributed by atoms with Gasteiger partial charge < -0.3 is 10.0 Å². The van der Waals surface area contributed by atoms with Crippen LogP contribution in [0.25, 0.3) is 0 Å². The maximum absolute atomic E-state index is 12.1. The first-order valence-corrected chi connectivity index (χ1v) is 5.40. The maximum Gasteiger partial charge on any atom is 0.230 e. The van der Waals surface area contributed by atoms with Crippen LogP contribution >= 0.6 is 0 Å². The van der Waals surface area contributed by atoms with Gasteiger partial charge in [0.25, 0.3) is 0 Å². The molecule has 0 saturated carbocycles. The molecule has 2 rings (SSSR count). The molecule has 1 N–H and O–H groups in total. The van der Waals surface area contributed by atoms with Crippen LogP contribution in [0.2, 0.25) is 0 Å². The van der Waals surface area contributed by atoms with E-state index >= 15 is 0 Å². The van der Waals surface area contributed by atoms with Crippen LogP contribution in [-0.2, 0) is 4.79 Å². The average Bonchev–Trinajstić information content (AvgIpc) is 2.80. The monoisotopic (exact) mass is 217 g/mol. The predicted molar refractivity (Wildman–Crippen MR) is 63.4 cm³/mol. The molecule has 1 amide bonds. The zero-order chi connectivity index (χ0) is 11.5. The van der Waals surface area contributed by atoms with Gasteiger partial charge in [-0.1, -0.05) is 18.2 Å². The van der Waals surface area contributed by atoms with Gasteiger partial charge in [0.1, 0.15) is 5.75 Å². The fraction of sp³-hybridized carbons (Fsp3) is 0.308. The Hall–Kier alpha value is -1.77. The smallest absolute Gasteiger partial charge is 0.230 e. The van der Waals surface area contributed by atoms with E-state index in [1.54, 1.807) is 30.1 Å². The Kier molecular flexibility index (Phi) is 2.95. The quantitative estimate of drug-likeness (QED) is 0.772. The fourth-order valence-corrected chi connectivity index (χ4v) is 1.92. The number of rotatable bonds is 2. The van der Waals surface area contributed by atoms with E-state index in [-0.39, 0.29) is 17.6 Å². The van der Waals surface area contributed by atoms with Gasteiger partial charge in [0.05, 0.1) is 0 Å². The largest absolute Gasteiger partial charge is 0.508 e. The second-order valence-electron chi connectivity index (χ2n) is 4.06. The first kappa shape index (κ1) is 10.7. The molecule has 0 unspecified atom stereocenters. The molecule has 16 heavy (non-hydrogen) atoms. The molecule has 1 aromatic rings. The number of amides is 1. The minimum atomic E-state index is 0.0624. The Morgan fingerprint density at radius 3 is 2.69 bits per heavy atom. The normalized spacial score (nSPS) is 15.3. The van der Waals surface area contributed by atoms with E-state index in [2.05, 4.69) is 0 Å². The van der Waals surface area contributed by atoms with E-state index < -0.39 is 0 Å². The summed E-state index contributed by atoms with van der Waals surface area (Å²) in [7, 11) is 1.75. The van der Waals surface area contributed by atoms with E-state index in [1.165, 1.54) is 0 Å². The van der Waals surface area contributed by atoms with E-state index in [0.29, 0.717) is 0 Å². The van der Waals surface area contributed by atoms with Crippen LogP contribution in [0.5, 0.6) is 5.75 Å². The van der Waals surface area contributed by atoms with Crippen molar-refractivity contribution in [1.82, 2.24) is 0 Å². The number of aromatic hydroxyl groups is 1. The standard InChI is InChI=1S/C13H15NO2/c1-14(11-7-4-8-12(15)9-11)13(16)10-5-2-3-6-10/h2-4,7-10,15H,5-6H2,1H3. The van der Waals surface area contributed by atoms with Gasteiger partial charge in [-0.3, -0.25) is 4.79 Å². The van der Waals surface area contributed by atoms with Gasteiger partial charge in [-0.25, -0.2) is 0 Å². The highest BCUT2D eigenvalue weighted by molar-refractivity contribution is 5.95. The van der Waals surface area contributed by atoms with E-state index in [9.17, 15) is 9.90 Å². The van der Waals surface area contributed by atoms with Crippen molar-refractivity contribution in [2.24, 2.45) is 5.92 Å². The molecule has 1 aliphatic rings. The summed E-state index contributed by atoms with van der Waals surface area (Å²) < 4.78 is 0. The first-order chi connectivity index (χ1) is 7.68. The van der Waals surface area contributed by atoms with Gasteiger partial charge in [0, 0.05) is 24.7 Å². The summed E-state index contributed by atoms with van der Waals surface area (Å²) in [6.45, 7) is 0. The Bertz CT molecular complexity index is 418. The number of hydrogen-bond donors (Lipinski definition) is 1. The van der Waals surface area contributed by atoms with Crippen molar-refractivity contribution in [3.05, 3.63) is 36.4 Å². The van der Waals surface area contributed by atoms with Crippen LogP contribution in [-0.4, -0.2) is 18.1 Å². The fourth-order valence-electron chi connectivity index (χ4n) is 1.92. The number of anilines is 1. The zero-order valence-corrected chi connectivity index (χ0v) is 9.26. The minimum Gasteiger partial charge on any atom is -0.508 e. The van der Waals surface area contributed by atoms with Crippen LogP contribution in [0.3, 0.4) is 0 Å². The number of carbonyl (C=O) groups is 1. The van der Waals surface area contributed by atoms with E-state index in [1.807, 2.05) is 18.2 Å². The molecule has 3 heteroatoms. The molecular formula is C13H15NO2. The van der Waals surface area contributed by atoms with Crippen LogP contribution in [0.1, 0.15) is 12.8 Å².